The highest BCUT2D eigenvalue weighted by atomic mass is 16.4. The van der Waals surface area contributed by atoms with Gasteiger partial charge in [0.1, 0.15) is 5.58 Å². The fourth-order valence-corrected chi connectivity index (χ4v) is 2.01. The fraction of sp³-hybridized carbons (Fsp3) is 0. The Morgan fingerprint density at radius 1 is 1.24 bits per heavy atom. The van der Waals surface area contributed by atoms with Crippen LogP contribution in [-0.4, -0.2) is 11.4 Å². The molecule has 3 rings (SSSR count). The van der Waals surface area contributed by atoms with Crippen LogP contribution in [-0.2, 0) is 0 Å². The number of carbonyl (C=O) groups excluding carboxylic acids is 1. The van der Waals surface area contributed by atoms with E-state index in [1.807, 2.05) is 0 Å². The van der Waals surface area contributed by atoms with Gasteiger partial charge in [0.2, 0.25) is 0 Å². The second kappa shape index (κ2) is 3.25. The SMILES string of the molecule is Nc1ccc2oc3c(O)ccc(C=O)c3c2c1. The van der Waals surface area contributed by atoms with Crippen molar-refractivity contribution in [2.24, 2.45) is 0 Å². The van der Waals surface area contributed by atoms with Crippen LogP contribution < -0.4 is 5.73 Å². The fourth-order valence-electron chi connectivity index (χ4n) is 2.01. The summed E-state index contributed by atoms with van der Waals surface area (Å²) in [5, 5.41) is 11.1. The third-order valence-corrected chi connectivity index (χ3v) is 2.78. The zero-order valence-electron chi connectivity index (χ0n) is 8.81. The number of anilines is 1. The molecule has 0 aliphatic carbocycles. The molecule has 1 aromatic heterocycles. The molecule has 3 aromatic rings. The van der Waals surface area contributed by atoms with Crippen molar-refractivity contribution in [3.8, 4) is 5.75 Å². The van der Waals surface area contributed by atoms with Crippen molar-refractivity contribution in [2.75, 3.05) is 5.73 Å². The molecular formula is C13H9NO3. The molecule has 0 unspecified atom stereocenters. The second-order valence-electron chi connectivity index (χ2n) is 3.85. The first kappa shape index (κ1) is 9.72. The van der Waals surface area contributed by atoms with E-state index in [0.29, 0.717) is 27.8 Å². The molecule has 0 aliphatic rings. The first-order valence-electron chi connectivity index (χ1n) is 5.09. The van der Waals surface area contributed by atoms with Crippen LogP contribution in [0.3, 0.4) is 0 Å². The number of benzene rings is 2. The first-order valence-corrected chi connectivity index (χ1v) is 5.09. The average Bonchev–Trinajstić information content (AvgIpc) is 2.70. The first-order chi connectivity index (χ1) is 8.20. The zero-order chi connectivity index (χ0) is 12.0. The van der Waals surface area contributed by atoms with Gasteiger partial charge in [0, 0.05) is 22.0 Å². The van der Waals surface area contributed by atoms with Gasteiger partial charge < -0.3 is 15.3 Å². The zero-order valence-corrected chi connectivity index (χ0v) is 8.81. The monoisotopic (exact) mass is 227 g/mol. The number of phenols is 1. The maximum atomic E-state index is 11.0. The number of aldehydes is 1. The molecule has 4 nitrogen and oxygen atoms in total. The van der Waals surface area contributed by atoms with Crippen molar-refractivity contribution in [1.29, 1.82) is 0 Å². The largest absolute Gasteiger partial charge is 0.504 e. The summed E-state index contributed by atoms with van der Waals surface area (Å²) in [6, 6.07) is 8.16. The highest BCUT2D eigenvalue weighted by Crippen LogP contribution is 2.36. The normalized spacial score (nSPS) is 11.1. The van der Waals surface area contributed by atoms with Gasteiger partial charge in [0.15, 0.2) is 17.6 Å². The number of furan rings is 1. The van der Waals surface area contributed by atoms with Crippen LogP contribution in [0.15, 0.2) is 34.7 Å². The summed E-state index contributed by atoms with van der Waals surface area (Å²) in [5.41, 5.74) is 7.68. The summed E-state index contributed by atoms with van der Waals surface area (Å²) in [5.74, 6) is 0.0142. The molecule has 84 valence electrons. The molecule has 0 atom stereocenters. The molecule has 0 fully saturated rings. The quantitative estimate of drug-likeness (QED) is 0.495. The number of rotatable bonds is 1. The molecule has 0 aliphatic heterocycles. The second-order valence-corrected chi connectivity index (χ2v) is 3.85. The minimum Gasteiger partial charge on any atom is -0.504 e. The summed E-state index contributed by atoms with van der Waals surface area (Å²) < 4.78 is 5.52. The lowest BCUT2D eigenvalue weighted by atomic mass is 10.1. The topological polar surface area (TPSA) is 76.5 Å². The number of hydrogen-bond acceptors (Lipinski definition) is 4. The highest BCUT2D eigenvalue weighted by molar-refractivity contribution is 6.14. The summed E-state index contributed by atoms with van der Waals surface area (Å²) >= 11 is 0. The van der Waals surface area contributed by atoms with Crippen LogP contribution in [0.1, 0.15) is 10.4 Å². The van der Waals surface area contributed by atoms with Crippen molar-refractivity contribution >= 4 is 33.9 Å². The van der Waals surface area contributed by atoms with E-state index in [4.69, 9.17) is 10.2 Å². The number of phenolic OH excluding ortho intramolecular Hbond substituents is 1. The van der Waals surface area contributed by atoms with Crippen molar-refractivity contribution in [2.45, 2.75) is 0 Å². The third kappa shape index (κ3) is 1.27. The smallest absolute Gasteiger partial charge is 0.177 e. The van der Waals surface area contributed by atoms with E-state index in [0.717, 1.165) is 11.7 Å². The van der Waals surface area contributed by atoms with Crippen LogP contribution in [0, 0.1) is 0 Å². The van der Waals surface area contributed by atoms with E-state index in [2.05, 4.69) is 0 Å². The van der Waals surface area contributed by atoms with E-state index >= 15 is 0 Å². The lowest BCUT2D eigenvalue weighted by Crippen LogP contribution is -1.84. The molecule has 0 radical (unpaired) electrons. The van der Waals surface area contributed by atoms with Gasteiger partial charge in [-0.25, -0.2) is 0 Å². The molecular weight excluding hydrogens is 218 g/mol. The Hall–Kier alpha value is -2.49. The lowest BCUT2D eigenvalue weighted by molar-refractivity contribution is 0.112. The molecule has 4 heteroatoms. The Labute approximate surface area is 96.2 Å². The summed E-state index contributed by atoms with van der Waals surface area (Å²) in [6.07, 6.45) is 0.736. The van der Waals surface area contributed by atoms with E-state index in [-0.39, 0.29) is 5.75 Å². The highest BCUT2D eigenvalue weighted by Gasteiger charge is 2.14. The Balaban J connectivity index is 2.61. The van der Waals surface area contributed by atoms with Crippen molar-refractivity contribution in [1.82, 2.24) is 0 Å². The number of nitrogen functional groups attached to an aromatic ring is 1. The van der Waals surface area contributed by atoms with E-state index in [9.17, 15) is 9.90 Å². The molecule has 2 aromatic carbocycles. The number of fused-ring (bicyclic) bond motifs is 3. The van der Waals surface area contributed by atoms with Gasteiger partial charge in [-0.1, -0.05) is 0 Å². The number of hydrogen-bond donors (Lipinski definition) is 2. The van der Waals surface area contributed by atoms with Crippen LogP contribution >= 0.6 is 0 Å². The molecule has 17 heavy (non-hydrogen) atoms. The maximum Gasteiger partial charge on any atom is 0.177 e. The van der Waals surface area contributed by atoms with E-state index in [1.165, 1.54) is 6.07 Å². The molecule has 1 heterocycles. The Kier molecular flexibility index (Phi) is 1.86. The van der Waals surface area contributed by atoms with Crippen molar-refractivity contribution in [3.05, 3.63) is 35.9 Å². The summed E-state index contributed by atoms with van der Waals surface area (Å²) in [7, 11) is 0. The average molecular weight is 227 g/mol. The Morgan fingerprint density at radius 3 is 2.82 bits per heavy atom. The van der Waals surface area contributed by atoms with Crippen LogP contribution in [0.25, 0.3) is 21.9 Å². The predicted molar refractivity (Wildman–Crippen MR) is 65.2 cm³/mol. The molecule has 0 amide bonds. The van der Waals surface area contributed by atoms with Crippen LogP contribution in [0.2, 0.25) is 0 Å². The molecule has 0 saturated carbocycles. The maximum absolute atomic E-state index is 11.0. The molecule has 0 spiro atoms. The minimum absolute atomic E-state index is 0.0142. The molecule has 0 bridgehead atoms. The van der Waals surface area contributed by atoms with Gasteiger partial charge in [0.25, 0.3) is 0 Å². The summed E-state index contributed by atoms with van der Waals surface area (Å²) in [4.78, 5) is 11.0. The van der Waals surface area contributed by atoms with E-state index in [1.54, 1.807) is 24.3 Å². The van der Waals surface area contributed by atoms with E-state index < -0.39 is 0 Å². The molecule has 3 N–H and O–H groups in total. The van der Waals surface area contributed by atoms with Gasteiger partial charge in [-0.05, 0) is 30.3 Å². The number of aromatic hydroxyl groups is 1. The van der Waals surface area contributed by atoms with Gasteiger partial charge in [-0.15, -0.1) is 0 Å². The van der Waals surface area contributed by atoms with Crippen LogP contribution in [0.4, 0.5) is 5.69 Å². The standard InChI is InChI=1S/C13H9NO3/c14-8-2-4-11-9(5-8)12-7(6-15)1-3-10(16)13(12)17-11/h1-6,16H,14H2. The third-order valence-electron chi connectivity index (χ3n) is 2.78. The van der Waals surface area contributed by atoms with Gasteiger partial charge in [-0.2, -0.15) is 0 Å². The van der Waals surface area contributed by atoms with Crippen LogP contribution in [0.5, 0.6) is 5.75 Å². The van der Waals surface area contributed by atoms with Gasteiger partial charge >= 0.3 is 0 Å². The molecule has 0 saturated heterocycles. The Bertz CT molecular complexity index is 743. The Morgan fingerprint density at radius 2 is 2.06 bits per heavy atom. The summed E-state index contributed by atoms with van der Waals surface area (Å²) in [6.45, 7) is 0. The minimum atomic E-state index is 0.0142. The number of carbonyl (C=O) groups is 1. The van der Waals surface area contributed by atoms with Crippen molar-refractivity contribution in [3.63, 3.8) is 0 Å². The van der Waals surface area contributed by atoms with Crippen molar-refractivity contribution < 1.29 is 14.3 Å². The van der Waals surface area contributed by atoms with Gasteiger partial charge in [-0.3, -0.25) is 4.79 Å². The lowest BCUT2D eigenvalue weighted by Gasteiger charge is -1.96. The predicted octanol–water partition coefficient (Wildman–Crippen LogP) is 2.69. The number of nitrogens with two attached hydrogens (primary N) is 1. The van der Waals surface area contributed by atoms with Gasteiger partial charge in [0.05, 0.1) is 0 Å².